The molecule has 84 valence electrons. The van der Waals surface area contributed by atoms with E-state index in [1.165, 1.54) is 11.5 Å². The lowest BCUT2D eigenvalue weighted by Gasteiger charge is -2.32. The molecule has 2 heterocycles. The number of anilines is 1. The van der Waals surface area contributed by atoms with Crippen LogP contribution in [0, 0.1) is 0 Å². The zero-order valence-electron chi connectivity index (χ0n) is 8.64. The van der Waals surface area contributed by atoms with Crippen LogP contribution >= 0.6 is 11.5 Å². The highest BCUT2D eigenvalue weighted by Crippen LogP contribution is 2.19. The maximum Gasteiger partial charge on any atom is 0.148 e. The molecule has 0 spiro atoms. The van der Waals surface area contributed by atoms with Gasteiger partial charge < -0.3 is 10.2 Å². The largest absolute Gasteiger partial charge is 0.379 e. The molecule has 0 bridgehead atoms. The zero-order chi connectivity index (χ0) is 10.7. The van der Waals surface area contributed by atoms with Crippen molar-refractivity contribution < 1.29 is 4.74 Å². The molecule has 1 aliphatic heterocycles. The van der Waals surface area contributed by atoms with Gasteiger partial charge in [-0.1, -0.05) is 4.49 Å². The normalized spacial score (nSPS) is 22.9. The third-order valence-electron chi connectivity index (χ3n) is 2.54. The van der Waals surface area contributed by atoms with Crippen LogP contribution in [0.15, 0.2) is 0 Å². The first kappa shape index (κ1) is 10.7. The van der Waals surface area contributed by atoms with Crippen LogP contribution in [0.1, 0.15) is 12.6 Å². The van der Waals surface area contributed by atoms with Crippen molar-refractivity contribution >= 4 is 16.5 Å². The van der Waals surface area contributed by atoms with Crippen molar-refractivity contribution in [3.8, 4) is 0 Å². The van der Waals surface area contributed by atoms with Gasteiger partial charge in [-0.15, -0.1) is 5.10 Å². The average Bonchev–Trinajstić information content (AvgIpc) is 2.69. The first-order chi connectivity index (χ1) is 7.31. The average molecular weight is 229 g/mol. The van der Waals surface area contributed by atoms with Crippen LogP contribution in [0.2, 0.25) is 0 Å². The number of aromatic nitrogens is 2. The first-order valence-electron chi connectivity index (χ1n) is 4.91. The van der Waals surface area contributed by atoms with Crippen LogP contribution in [0.4, 0.5) is 5.00 Å². The van der Waals surface area contributed by atoms with Crippen molar-refractivity contribution in [1.82, 2.24) is 14.5 Å². The number of rotatable bonds is 3. The summed E-state index contributed by atoms with van der Waals surface area (Å²) in [5, 5.41) is 4.90. The van der Waals surface area contributed by atoms with Crippen LogP contribution in [0.5, 0.6) is 0 Å². The highest BCUT2D eigenvalue weighted by Gasteiger charge is 2.21. The smallest absolute Gasteiger partial charge is 0.148 e. The number of morpholine rings is 1. The Hall–Kier alpha value is -0.760. The van der Waals surface area contributed by atoms with Gasteiger partial charge in [0.1, 0.15) is 10.7 Å². The summed E-state index contributed by atoms with van der Waals surface area (Å²) in [6, 6.07) is 0.422. The predicted molar refractivity (Wildman–Crippen MR) is 58.4 cm³/mol. The Morgan fingerprint density at radius 3 is 3.33 bits per heavy atom. The summed E-state index contributed by atoms with van der Waals surface area (Å²) in [4.78, 5) is 2.32. The molecule has 1 fully saturated rings. The molecule has 15 heavy (non-hydrogen) atoms. The van der Waals surface area contributed by atoms with Gasteiger partial charge in [-0.3, -0.25) is 4.90 Å². The Morgan fingerprint density at radius 1 is 1.73 bits per heavy atom. The van der Waals surface area contributed by atoms with Gasteiger partial charge in [-0.25, -0.2) is 5.84 Å². The number of hydrazine groups is 1. The molecule has 1 unspecified atom stereocenters. The van der Waals surface area contributed by atoms with E-state index >= 15 is 0 Å². The summed E-state index contributed by atoms with van der Waals surface area (Å²) in [5.41, 5.74) is 3.53. The molecule has 0 radical (unpaired) electrons. The molecule has 1 aromatic heterocycles. The molecule has 1 aliphatic rings. The molecule has 0 amide bonds. The van der Waals surface area contributed by atoms with E-state index in [1.54, 1.807) is 0 Å². The molecule has 0 saturated carbocycles. The number of hydrogen-bond donors (Lipinski definition) is 2. The summed E-state index contributed by atoms with van der Waals surface area (Å²) in [7, 11) is 0. The fourth-order valence-corrected chi connectivity index (χ4v) is 2.09. The van der Waals surface area contributed by atoms with Gasteiger partial charge in [0.05, 0.1) is 13.2 Å². The van der Waals surface area contributed by atoms with Crippen LogP contribution in [0.3, 0.4) is 0 Å². The van der Waals surface area contributed by atoms with E-state index in [4.69, 9.17) is 10.6 Å². The number of hydrogen-bond acceptors (Lipinski definition) is 7. The standard InChI is InChI=1S/C8H15N5OS/c1-6-5-14-3-2-13(6)4-7-8(10-9)15-12-11-7/h6,10H,2-5,9H2,1H3. The maximum atomic E-state index is 5.37. The van der Waals surface area contributed by atoms with Gasteiger partial charge in [0.25, 0.3) is 0 Å². The Labute approximate surface area is 92.5 Å². The molecule has 3 N–H and O–H groups in total. The molecule has 1 aromatic rings. The van der Waals surface area contributed by atoms with Crippen molar-refractivity contribution in [1.29, 1.82) is 0 Å². The summed E-state index contributed by atoms with van der Waals surface area (Å²) < 4.78 is 9.25. The second kappa shape index (κ2) is 4.84. The monoisotopic (exact) mass is 229 g/mol. The summed E-state index contributed by atoms with van der Waals surface area (Å²) in [5.74, 6) is 5.37. The number of ether oxygens (including phenoxy) is 1. The molecule has 1 saturated heterocycles. The Morgan fingerprint density at radius 2 is 2.60 bits per heavy atom. The Kier molecular flexibility index (Phi) is 3.47. The molecule has 0 aromatic carbocycles. The minimum atomic E-state index is 0.422. The topological polar surface area (TPSA) is 76.3 Å². The van der Waals surface area contributed by atoms with E-state index in [1.807, 2.05) is 0 Å². The van der Waals surface area contributed by atoms with Crippen molar-refractivity contribution in [2.75, 3.05) is 25.2 Å². The summed E-state index contributed by atoms with van der Waals surface area (Å²) >= 11 is 1.28. The Balaban J connectivity index is 2.01. The fraction of sp³-hybridized carbons (Fsp3) is 0.750. The van der Waals surface area contributed by atoms with E-state index in [0.29, 0.717) is 6.04 Å². The predicted octanol–water partition coefficient (Wildman–Crippen LogP) is 0.0444. The minimum absolute atomic E-state index is 0.422. The summed E-state index contributed by atoms with van der Waals surface area (Å²) in [6.45, 7) is 5.42. The van der Waals surface area contributed by atoms with Crippen molar-refractivity contribution in [2.45, 2.75) is 19.5 Å². The van der Waals surface area contributed by atoms with E-state index in [0.717, 1.165) is 37.0 Å². The van der Waals surface area contributed by atoms with Gasteiger partial charge >= 0.3 is 0 Å². The Bertz CT molecular complexity index is 318. The second-order valence-corrected chi connectivity index (χ2v) is 4.34. The van der Waals surface area contributed by atoms with Gasteiger partial charge in [0.2, 0.25) is 0 Å². The van der Waals surface area contributed by atoms with Crippen LogP contribution in [-0.4, -0.2) is 40.3 Å². The number of nitrogens with one attached hydrogen (secondary N) is 1. The van der Waals surface area contributed by atoms with Gasteiger partial charge in [0.15, 0.2) is 0 Å². The highest BCUT2D eigenvalue weighted by atomic mass is 32.1. The van der Waals surface area contributed by atoms with E-state index in [2.05, 4.69) is 26.8 Å². The lowest BCUT2D eigenvalue weighted by Crippen LogP contribution is -2.43. The molecular formula is C8H15N5OS. The second-order valence-electron chi connectivity index (χ2n) is 3.59. The minimum Gasteiger partial charge on any atom is -0.379 e. The lowest BCUT2D eigenvalue weighted by atomic mass is 10.2. The molecule has 0 aliphatic carbocycles. The van der Waals surface area contributed by atoms with Gasteiger partial charge in [-0.2, -0.15) is 0 Å². The van der Waals surface area contributed by atoms with E-state index in [9.17, 15) is 0 Å². The molecule has 6 nitrogen and oxygen atoms in total. The summed E-state index contributed by atoms with van der Waals surface area (Å²) in [6.07, 6.45) is 0. The maximum absolute atomic E-state index is 5.37. The van der Waals surface area contributed by atoms with Crippen LogP contribution in [0.25, 0.3) is 0 Å². The fourth-order valence-electron chi connectivity index (χ4n) is 1.61. The van der Waals surface area contributed by atoms with E-state index in [-0.39, 0.29) is 0 Å². The number of nitrogen functional groups attached to an aromatic ring is 1. The molecule has 1 atom stereocenters. The third-order valence-corrected chi connectivity index (χ3v) is 3.24. The van der Waals surface area contributed by atoms with Crippen molar-refractivity contribution in [3.63, 3.8) is 0 Å². The van der Waals surface area contributed by atoms with Crippen LogP contribution in [-0.2, 0) is 11.3 Å². The molecule has 2 rings (SSSR count). The van der Waals surface area contributed by atoms with Crippen LogP contribution < -0.4 is 11.3 Å². The molecular weight excluding hydrogens is 214 g/mol. The zero-order valence-corrected chi connectivity index (χ0v) is 9.46. The number of nitrogens with zero attached hydrogens (tertiary/aromatic N) is 3. The van der Waals surface area contributed by atoms with E-state index < -0.39 is 0 Å². The third kappa shape index (κ3) is 2.43. The first-order valence-corrected chi connectivity index (χ1v) is 5.68. The highest BCUT2D eigenvalue weighted by molar-refractivity contribution is 7.10. The number of nitrogens with two attached hydrogens (primary N) is 1. The van der Waals surface area contributed by atoms with Crippen molar-refractivity contribution in [3.05, 3.63) is 5.69 Å². The van der Waals surface area contributed by atoms with Crippen molar-refractivity contribution in [2.24, 2.45) is 5.84 Å². The SMILES string of the molecule is CC1COCCN1Cc1nnsc1NN. The quantitative estimate of drug-likeness (QED) is 0.563. The molecule has 7 heteroatoms. The van der Waals surface area contributed by atoms with Gasteiger partial charge in [-0.05, 0) is 6.92 Å². The van der Waals surface area contributed by atoms with Gasteiger partial charge in [0, 0.05) is 30.7 Å². The lowest BCUT2D eigenvalue weighted by molar-refractivity contribution is -0.00482.